The van der Waals surface area contributed by atoms with Crippen LogP contribution in [0.5, 0.6) is 5.75 Å². The van der Waals surface area contributed by atoms with Gasteiger partial charge in [-0.2, -0.15) is 8.78 Å². The van der Waals surface area contributed by atoms with Gasteiger partial charge in [0.1, 0.15) is 15.1 Å². The minimum atomic E-state index is -3.09. The van der Waals surface area contributed by atoms with Crippen LogP contribution in [0.15, 0.2) is 18.2 Å². The van der Waals surface area contributed by atoms with Crippen LogP contribution in [0.25, 0.3) is 0 Å². The minimum absolute atomic E-state index is 0.291. The maximum atomic E-state index is 14.2. The van der Waals surface area contributed by atoms with E-state index < -0.39 is 29.9 Å². The molecule has 1 atom stereocenters. The third-order valence-electron chi connectivity index (χ3n) is 5.74. The van der Waals surface area contributed by atoms with E-state index in [9.17, 15) is 18.0 Å². The predicted molar refractivity (Wildman–Crippen MR) is 124 cm³/mol. The number of carbonyl (C=O) groups excluding carboxylic acids is 1. The van der Waals surface area contributed by atoms with Crippen molar-refractivity contribution < 1.29 is 27.4 Å². The molecule has 2 aromatic rings. The molecular formula is C23H27F3IN3O3. The van der Waals surface area contributed by atoms with Crippen LogP contribution in [0.1, 0.15) is 69.1 Å². The highest BCUT2D eigenvalue weighted by Gasteiger charge is 2.39. The Kier molecular flexibility index (Phi) is 6.84. The Morgan fingerprint density at radius 1 is 1.27 bits per heavy atom. The van der Waals surface area contributed by atoms with Crippen molar-refractivity contribution in [2.24, 2.45) is 0 Å². The van der Waals surface area contributed by atoms with Gasteiger partial charge in [-0.05, 0) is 86.7 Å². The van der Waals surface area contributed by atoms with Gasteiger partial charge in [-0.3, -0.25) is 4.90 Å². The van der Waals surface area contributed by atoms with E-state index in [1.807, 2.05) is 20.8 Å². The third-order valence-corrected chi connectivity index (χ3v) is 6.53. The first-order valence-electron chi connectivity index (χ1n) is 11.0. The van der Waals surface area contributed by atoms with Crippen LogP contribution in [0.3, 0.4) is 0 Å². The second-order valence-electron chi connectivity index (χ2n) is 9.44. The van der Waals surface area contributed by atoms with Crippen molar-refractivity contribution in [2.75, 3.05) is 6.54 Å². The molecule has 1 aromatic carbocycles. The summed E-state index contributed by atoms with van der Waals surface area (Å²) in [7, 11) is 0. The van der Waals surface area contributed by atoms with Crippen LogP contribution < -0.4 is 4.74 Å². The highest BCUT2D eigenvalue weighted by molar-refractivity contribution is 14.1. The van der Waals surface area contributed by atoms with E-state index >= 15 is 0 Å². The molecule has 0 radical (unpaired) electrons. The number of aryl methyl sites for hydroxylation is 1. The lowest BCUT2D eigenvalue weighted by Crippen LogP contribution is -2.45. The molecule has 33 heavy (non-hydrogen) atoms. The summed E-state index contributed by atoms with van der Waals surface area (Å²) in [4.78, 5) is 19.6. The van der Waals surface area contributed by atoms with Crippen molar-refractivity contribution in [3.63, 3.8) is 0 Å². The van der Waals surface area contributed by atoms with E-state index in [0.717, 1.165) is 28.1 Å². The molecule has 0 bridgehead atoms. The molecule has 6 nitrogen and oxygen atoms in total. The molecule has 1 saturated carbocycles. The van der Waals surface area contributed by atoms with Gasteiger partial charge in [0, 0.05) is 19.0 Å². The number of aromatic nitrogens is 2. The molecule has 2 heterocycles. The summed E-state index contributed by atoms with van der Waals surface area (Å²) in [5.74, 6) is 0.222. The molecule has 1 fully saturated rings. The van der Waals surface area contributed by atoms with Gasteiger partial charge in [-0.15, -0.1) is 0 Å². The van der Waals surface area contributed by atoms with E-state index in [2.05, 4.69) is 31.9 Å². The first kappa shape index (κ1) is 24.2. The number of alkyl halides is 2. The Morgan fingerprint density at radius 3 is 2.61 bits per heavy atom. The van der Waals surface area contributed by atoms with Crippen molar-refractivity contribution in [2.45, 2.75) is 77.2 Å². The molecule has 1 aromatic heterocycles. The second kappa shape index (κ2) is 9.34. The number of nitrogens with zero attached hydrogens (tertiary/aromatic N) is 3. The van der Waals surface area contributed by atoms with Gasteiger partial charge >= 0.3 is 12.7 Å². The third kappa shape index (κ3) is 5.58. The number of amides is 1. The van der Waals surface area contributed by atoms with E-state index in [1.165, 1.54) is 12.1 Å². The Morgan fingerprint density at radius 2 is 2.00 bits per heavy atom. The fourth-order valence-corrected chi connectivity index (χ4v) is 5.09. The maximum Gasteiger partial charge on any atom is 0.410 e. The van der Waals surface area contributed by atoms with E-state index in [-0.39, 0.29) is 6.04 Å². The van der Waals surface area contributed by atoms with Crippen molar-refractivity contribution >= 4 is 28.7 Å². The summed E-state index contributed by atoms with van der Waals surface area (Å²) < 4.78 is 52.0. The molecule has 0 N–H and O–H groups in total. The monoisotopic (exact) mass is 577 g/mol. The van der Waals surface area contributed by atoms with Crippen LogP contribution in [0, 0.1) is 9.52 Å². The summed E-state index contributed by atoms with van der Waals surface area (Å²) in [5.41, 5.74) is 0.982. The number of halogens is 4. The molecular weight excluding hydrogens is 550 g/mol. The van der Waals surface area contributed by atoms with Crippen LogP contribution in [0.2, 0.25) is 0 Å². The van der Waals surface area contributed by atoms with E-state index in [4.69, 9.17) is 9.72 Å². The molecule has 1 unspecified atom stereocenters. The molecule has 4 rings (SSSR count). The molecule has 180 valence electrons. The minimum Gasteiger partial charge on any atom is -0.444 e. The van der Waals surface area contributed by atoms with Crippen molar-refractivity contribution in [1.82, 2.24) is 14.5 Å². The lowest BCUT2D eigenvalue weighted by molar-refractivity contribution is -0.0522. The number of rotatable bonds is 6. The van der Waals surface area contributed by atoms with Crippen LogP contribution >= 0.6 is 22.6 Å². The summed E-state index contributed by atoms with van der Waals surface area (Å²) in [5, 5.41) is 0. The van der Waals surface area contributed by atoms with Gasteiger partial charge in [0.2, 0.25) is 0 Å². The topological polar surface area (TPSA) is 56.6 Å². The quantitative estimate of drug-likeness (QED) is 0.394. The van der Waals surface area contributed by atoms with Gasteiger partial charge in [-0.25, -0.2) is 14.2 Å². The van der Waals surface area contributed by atoms with Crippen molar-refractivity contribution in [1.29, 1.82) is 0 Å². The summed E-state index contributed by atoms with van der Waals surface area (Å²) >= 11 is 2.22. The van der Waals surface area contributed by atoms with Crippen LogP contribution in [-0.2, 0) is 17.7 Å². The SMILES string of the molecule is CC(C)(C)OC(=O)N1CCn2c(C3CC3)nc(I)c2C1CCc1ccc(OC(F)F)c(F)c1. The fourth-order valence-electron chi connectivity index (χ4n) is 4.20. The smallest absolute Gasteiger partial charge is 0.410 e. The highest BCUT2D eigenvalue weighted by Crippen LogP contribution is 2.43. The first-order chi connectivity index (χ1) is 15.5. The van der Waals surface area contributed by atoms with Crippen molar-refractivity contribution in [3.8, 4) is 5.75 Å². The Hall–Kier alpha value is -1.98. The standard InChI is InChI=1S/C23H27F3IN3O3/c1-23(2,3)33-22(31)29-10-11-30-18(19(27)28-20(30)14-6-7-14)16(29)8-4-13-5-9-17(15(24)12-13)32-21(25)26/h5,9,12,14,16,21H,4,6-8,10-11H2,1-3H3. The molecule has 10 heteroatoms. The normalized spacial score (nSPS) is 18.4. The van der Waals surface area contributed by atoms with Crippen LogP contribution in [-0.4, -0.2) is 39.3 Å². The zero-order valence-electron chi connectivity index (χ0n) is 18.8. The second-order valence-corrected chi connectivity index (χ2v) is 10.5. The maximum absolute atomic E-state index is 14.2. The number of carbonyl (C=O) groups is 1. The zero-order valence-corrected chi connectivity index (χ0v) is 20.9. The lowest BCUT2D eigenvalue weighted by atomic mass is 10.00. The predicted octanol–water partition coefficient (Wildman–Crippen LogP) is 6.03. The number of ether oxygens (including phenoxy) is 2. The Balaban J connectivity index is 1.59. The summed E-state index contributed by atoms with van der Waals surface area (Å²) in [6.45, 7) is 3.55. The number of fused-ring (bicyclic) bond motifs is 1. The zero-order chi connectivity index (χ0) is 23.9. The average molecular weight is 577 g/mol. The van der Waals surface area contributed by atoms with Gasteiger partial charge in [0.25, 0.3) is 0 Å². The molecule has 1 amide bonds. The summed E-state index contributed by atoms with van der Waals surface area (Å²) in [6, 6.07) is 3.69. The first-order valence-corrected chi connectivity index (χ1v) is 12.1. The van der Waals surface area contributed by atoms with E-state index in [1.54, 1.807) is 11.0 Å². The van der Waals surface area contributed by atoms with Crippen LogP contribution in [0.4, 0.5) is 18.0 Å². The van der Waals surface area contributed by atoms with Gasteiger partial charge in [0.15, 0.2) is 11.6 Å². The number of benzene rings is 1. The van der Waals surface area contributed by atoms with E-state index in [0.29, 0.717) is 37.4 Å². The number of imidazole rings is 1. The Bertz CT molecular complexity index is 1030. The molecule has 0 spiro atoms. The summed E-state index contributed by atoms with van der Waals surface area (Å²) in [6.07, 6.45) is 2.81. The number of hydrogen-bond acceptors (Lipinski definition) is 4. The van der Waals surface area contributed by atoms with Crippen molar-refractivity contribution in [3.05, 3.63) is 44.8 Å². The molecule has 0 saturated heterocycles. The Labute approximate surface area is 204 Å². The van der Waals surface area contributed by atoms with Gasteiger partial charge in [-0.1, -0.05) is 6.07 Å². The largest absolute Gasteiger partial charge is 0.444 e. The fraction of sp³-hybridized carbons (Fsp3) is 0.565. The lowest BCUT2D eigenvalue weighted by Gasteiger charge is -2.38. The molecule has 2 aliphatic rings. The van der Waals surface area contributed by atoms with Gasteiger partial charge in [0.05, 0.1) is 11.7 Å². The average Bonchev–Trinajstić information content (AvgIpc) is 3.50. The molecule has 1 aliphatic heterocycles. The highest BCUT2D eigenvalue weighted by atomic mass is 127. The van der Waals surface area contributed by atoms with Gasteiger partial charge < -0.3 is 14.0 Å². The molecule has 1 aliphatic carbocycles. The number of hydrogen-bond donors (Lipinski definition) is 0.